The molecule has 1 aliphatic carbocycles. The van der Waals surface area contributed by atoms with Gasteiger partial charge in [0.25, 0.3) is 0 Å². The summed E-state index contributed by atoms with van der Waals surface area (Å²) < 4.78 is 174. The third-order valence-corrected chi connectivity index (χ3v) is 6.19. The van der Waals surface area contributed by atoms with Gasteiger partial charge in [-0.2, -0.15) is 57.1 Å². The van der Waals surface area contributed by atoms with Gasteiger partial charge >= 0.3 is 35.8 Å². The van der Waals surface area contributed by atoms with Crippen molar-refractivity contribution in [1.29, 1.82) is 0 Å². The van der Waals surface area contributed by atoms with E-state index in [-0.39, 0.29) is 12.8 Å². The number of benzene rings is 1. The van der Waals surface area contributed by atoms with Gasteiger partial charge in [0, 0.05) is 5.92 Å². The summed E-state index contributed by atoms with van der Waals surface area (Å²) in [5.74, 6) is -39.5. The lowest BCUT2D eigenvalue weighted by Gasteiger charge is -2.43. The van der Waals surface area contributed by atoms with E-state index in [9.17, 15) is 57.1 Å². The molecule has 1 aromatic carbocycles. The van der Waals surface area contributed by atoms with E-state index in [1.807, 2.05) is 6.92 Å². The Morgan fingerprint density at radius 3 is 1.47 bits per heavy atom. The SMILES string of the molecule is CCCc1ccc([C@H]2CC[C@H](C(F)(F)C(F)(F)C(F)(F)C(F)(F)C(F)(F)C(F)(F)F)CC2)cc1. The average Bonchev–Trinajstić information content (AvgIpc) is 2.73. The van der Waals surface area contributed by atoms with Crippen molar-refractivity contribution < 1.29 is 57.1 Å². The normalized spacial score (nSPS) is 21.6. The van der Waals surface area contributed by atoms with E-state index in [1.54, 1.807) is 24.3 Å². The molecule has 0 atom stereocenters. The van der Waals surface area contributed by atoms with Crippen LogP contribution in [-0.2, 0) is 6.42 Å². The van der Waals surface area contributed by atoms with Crippen LogP contribution in [0.5, 0.6) is 0 Å². The zero-order valence-corrected chi connectivity index (χ0v) is 17.6. The van der Waals surface area contributed by atoms with Gasteiger partial charge in [0.05, 0.1) is 0 Å². The summed E-state index contributed by atoms with van der Waals surface area (Å²) in [6.45, 7) is 1.94. The van der Waals surface area contributed by atoms with Crippen LogP contribution >= 0.6 is 0 Å². The highest BCUT2D eigenvalue weighted by Crippen LogP contribution is 2.62. The predicted octanol–water partition coefficient (Wildman–Crippen LogP) is 8.65. The summed E-state index contributed by atoms with van der Waals surface area (Å²) in [6.07, 6.45) is -7.96. The Labute approximate surface area is 186 Å². The van der Waals surface area contributed by atoms with Crippen molar-refractivity contribution >= 4 is 0 Å². The average molecular weight is 520 g/mol. The number of aryl methyl sites for hydroxylation is 1. The maximum absolute atomic E-state index is 14.4. The van der Waals surface area contributed by atoms with Crippen LogP contribution in [-0.4, -0.2) is 35.8 Å². The van der Waals surface area contributed by atoms with Crippen LogP contribution in [0.1, 0.15) is 56.1 Å². The summed E-state index contributed by atoms with van der Waals surface area (Å²) in [4.78, 5) is 0. The van der Waals surface area contributed by atoms with E-state index >= 15 is 0 Å². The van der Waals surface area contributed by atoms with Crippen LogP contribution in [0.3, 0.4) is 0 Å². The zero-order valence-electron chi connectivity index (χ0n) is 17.6. The van der Waals surface area contributed by atoms with Gasteiger partial charge in [0.2, 0.25) is 0 Å². The lowest BCUT2D eigenvalue weighted by molar-refractivity contribution is -0.443. The Bertz CT molecular complexity index is 816. The van der Waals surface area contributed by atoms with E-state index in [0.717, 1.165) is 18.4 Å². The van der Waals surface area contributed by atoms with Crippen molar-refractivity contribution in [3.05, 3.63) is 35.4 Å². The molecule has 13 heteroatoms. The zero-order chi connectivity index (χ0) is 26.4. The summed E-state index contributed by atoms with van der Waals surface area (Å²) in [6, 6.07) is 6.88. The van der Waals surface area contributed by atoms with Gasteiger partial charge in [0.15, 0.2) is 0 Å². The smallest absolute Gasteiger partial charge is 0.199 e. The van der Waals surface area contributed by atoms with Gasteiger partial charge in [-0.05, 0) is 49.1 Å². The second kappa shape index (κ2) is 9.07. The Balaban J connectivity index is 2.24. The predicted molar refractivity (Wildman–Crippen MR) is 95.9 cm³/mol. The molecule has 196 valence electrons. The number of rotatable bonds is 8. The summed E-state index contributed by atoms with van der Waals surface area (Å²) in [7, 11) is 0. The molecule has 0 radical (unpaired) electrons. The molecule has 0 spiro atoms. The number of halogens is 13. The Hall–Kier alpha value is -1.69. The van der Waals surface area contributed by atoms with Crippen molar-refractivity contribution in [3.8, 4) is 0 Å². The quantitative estimate of drug-likeness (QED) is 0.301. The standard InChI is InChI=1S/C21H21F13/c1-2-3-12-4-6-13(7-5-12)14-8-10-15(11-9-14)16(22,23)17(24,25)18(26,27)19(28,29)20(30,31)21(32,33)34/h4-7,14-15H,2-3,8-11H2,1H3/t14-,15-. The molecule has 34 heavy (non-hydrogen) atoms. The molecule has 0 nitrogen and oxygen atoms in total. The van der Waals surface area contributed by atoms with E-state index in [0.29, 0.717) is 5.56 Å². The number of hydrogen-bond acceptors (Lipinski definition) is 0. The van der Waals surface area contributed by atoms with Gasteiger partial charge in [-0.25, -0.2) is 0 Å². The topological polar surface area (TPSA) is 0 Å². The summed E-state index contributed by atoms with van der Waals surface area (Å²) in [5.41, 5.74) is 1.62. The highest BCUT2D eigenvalue weighted by atomic mass is 19.4. The Morgan fingerprint density at radius 2 is 1.06 bits per heavy atom. The van der Waals surface area contributed by atoms with Crippen LogP contribution < -0.4 is 0 Å². The minimum atomic E-state index is -7.84. The van der Waals surface area contributed by atoms with E-state index in [1.165, 1.54) is 0 Å². The van der Waals surface area contributed by atoms with E-state index in [4.69, 9.17) is 0 Å². The third-order valence-electron chi connectivity index (χ3n) is 6.19. The van der Waals surface area contributed by atoms with Gasteiger partial charge in [-0.1, -0.05) is 37.6 Å². The minimum Gasteiger partial charge on any atom is -0.199 e. The lowest BCUT2D eigenvalue weighted by atomic mass is 9.74. The molecular formula is C21H21F13. The maximum Gasteiger partial charge on any atom is 0.460 e. The minimum absolute atomic E-state index is 0.232. The van der Waals surface area contributed by atoms with Crippen LogP contribution in [0.15, 0.2) is 24.3 Å². The van der Waals surface area contributed by atoms with Crippen LogP contribution in [0.25, 0.3) is 0 Å². The lowest BCUT2D eigenvalue weighted by Crippen LogP contribution is -2.71. The van der Waals surface area contributed by atoms with E-state index in [2.05, 4.69) is 0 Å². The number of alkyl halides is 13. The highest BCUT2D eigenvalue weighted by Gasteiger charge is 2.91. The summed E-state index contributed by atoms with van der Waals surface area (Å²) in [5, 5.41) is 0. The first-order valence-corrected chi connectivity index (χ1v) is 10.3. The van der Waals surface area contributed by atoms with Gasteiger partial charge < -0.3 is 0 Å². The second-order valence-electron chi connectivity index (χ2n) is 8.46. The molecule has 1 aliphatic rings. The van der Waals surface area contributed by atoms with Gasteiger partial charge in [-0.3, -0.25) is 0 Å². The fraction of sp³-hybridized carbons (Fsp3) is 0.714. The van der Waals surface area contributed by atoms with Crippen molar-refractivity contribution in [2.45, 2.75) is 87.2 Å². The number of hydrogen-bond donors (Lipinski definition) is 0. The molecule has 0 N–H and O–H groups in total. The van der Waals surface area contributed by atoms with Gasteiger partial charge in [-0.15, -0.1) is 0 Å². The molecule has 2 rings (SSSR count). The second-order valence-corrected chi connectivity index (χ2v) is 8.46. The van der Waals surface area contributed by atoms with Crippen molar-refractivity contribution in [2.24, 2.45) is 5.92 Å². The molecule has 1 aromatic rings. The largest absolute Gasteiger partial charge is 0.460 e. The van der Waals surface area contributed by atoms with Crippen molar-refractivity contribution in [1.82, 2.24) is 0 Å². The third kappa shape index (κ3) is 4.47. The molecule has 0 heterocycles. The molecule has 0 bridgehead atoms. The molecule has 0 amide bonds. The molecular weight excluding hydrogens is 499 g/mol. The monoisotopic (exact) mass is 520 g/mol. The maximum atomic E-state index is 14.4. The van der Waals surface area contributed by atoms with Crippen LogP contribution in [0.4, 0.5) is 57.1 Å². The van der Waals surface area contributed by atoms with E-state index < -0.39 is 60.5 Å². The first-order valence-electron chi connectivity index (χ1n) is 10.3. The molecule has 0 unspecified atom stereocenters. The fourth-order valence-electron chi connectivity index (χ4n) is 4.07. The van der Waals surface area contributed by atoms with Crippen LogP contribution in [0, 0.1) is 5.92 Å². The highest BCUT2D eigenvalue weighted by molar-refractivity contribution is 5.26. The molecule has 0 aliphatic heterocycles. The Morgan fingerprint density at radius 1 is 0.618 bits per heavy atom. The van der Waals surface area contributed by atoms with Crippen LogP contribution in [0.2, 0.25) is 0 Å². The van der Waals surface area contributed by atoms with Gasteiger partial charge in [0.1, 0.15) is 0 Å². The molecule has 0 saturated heterocycles. The first-order chi connectivity index (χ1) is 15.3. The van der Waals surface area contributed by atoms with Crippen molar-refractivity contribution in [2.75, 3.05) is 0 Å². The Kier molecular flexibility index (Phi) is 7.62. The summed E-state index contributed by atoms with van der Waals surface area (Å²) >= 11 is 0. The van der Waals surface area contributed by atoms with Crippen molar-refractivity contribution in [3.63, 3.8) is 0 Å². The fourth-order valence-corrected chi connectivity index (χ4v) is 4.07. The molecule has 1 fully saturated rings. The molecule has 1 saturated carbocycles. The first kappa shape index (κ1) is 28.5. The molecule has 0 aromatic heterocycles.